The van der Waals surface area contributed by atoms with Crippen molar-refractivity contribution in [2.24, 2.45) is 11.8 Å². The van der Waals surface area contributed by atoms with Gasteiger partial charge in [-0.05, 0) is 12.0 Å². The van der Waals surface area contributed by atoms with Crippen LogP contribution in [0.1, 0.15) is 13.8 Å². The molecule has 0 saturated heterocycles. The van der Waals surface area contributed by atoms with Gasteiger partial charge in [0.25, 0.3) is 0 Å². The summed E-state index contributed by atoms with van der Waals surface area (Å²) < 4.78 is 0. The van der Waals surface area contributed by atoms with E-state index >= 15 is 0 Å². The monoisotopic (exact) mass is 101 g/mol. The summed E-state index contributed by atoms with van der Waals surface area (Å²) in [6, 6.07) is 0. The van der Waals surface area contributed by atoms with Gasteiger partial charge >= 0.3 is 0 Å². The highest BCUT2D eigenvalue weighted by molar-refractivity contribution is 4.75. The van der Waals surface area contributed by atoms with Crippen LogP contribution in [0, 0.1) is 5.92 Å². The number of hydrogen-bond acceptors (Lipinski definition) is 2. The zero-order valence-corrected chi connectivity index (χ0v) is 4.72. The fraction of sp³-hybridized carbons (Fsp3) is 0.600. The van der Waals surface area contributed by atoms with Crippen LogP contribution in [0.2, 0.25) is 0 Å². The molecule has 0 aliphatic rings. The van der Waals surface area contributed by atoms with Gasteiger partial charge in [0, 0.05) is 0 Å². The highest BCUT2D eigenvalue weighted by atomic mass is 16.6. The Labute approximate surface area is 43.9 Å². The molecule has 2 N–H and O–H groups in total. The van der Waals surface area contributed by atoms with Crippen LogP contribution in [0.15, 0.2) is 12.3 Å². The molecule has 2 nitrogen and oxygen atoms in total. The van der Waals surface area contributed by atoms with Gasteiger partial charge in [0.2, 0.25) is 0 Å². The third-order valence-corrected chi connectivity index (χ3v) is 0.542. The summed E-state index contributed by atoms with van der Waals surface area (Å²) in [6.45, 7) is 4.10. The maximum atomic E-state index is 4.69. The van der Waals surface area contributed by atoms with Gasteiger partial charge in [-0.25, -0.2) is 0 Å². The van der Waals surface area contributed by atoms with Gasteiger partial charge in [-0.1, -0.05) is 13.8 Å². The Hall–Kier alpha value is -0.500. The van der Waals surface area contributed by atoms with Gasteiger partial charge in [0.15, 0.2) is 0 Å². The average Bonchev–Trinajstić information content (AvgIpc) is 1.61. The minimum Gasteiger partial charge on any atom is -0.420 e. The Morgan fingerprint density at radius 3 is 2.29 bits per heavy atom. The average molecular weight is 101 g/mol. The highest BCUT2D eigenvalue weighted by Gasteiger charge is 1.79. The van der Waals surface area contributed by atoms with Crippen molar-refractivity contribution in [2.75, 3.05) is 0 Å². The minimum atomic E-state index is 0.517. The van der Waals surface area contributed by atoms with Crippen LogP contribution in [0.25, 0.3) is 0 Å². The van der Waals surface area contributed by atoms with E-state index in [9.17, 15) is 0 Å². The fourth-order valence-electron chi connectivity index (χ4n) is 0.202. The Balaban J connectivity index is 3.08. The second-order valence-electron chi connectivity index (χ2n) is 1.71. The smallest absolute Gasteiger partial charge is 0.107 e. The lowest BCUT2D eigenvalue weighted by molar-refractivity contribution is 0.259. The first kappa shape index (κ1) is 6.50. The summed E-state index contributed by atoms with van der Waals surface area (Å²) >= 11 is 0. The third kappa shape index (κ3) is 5.50. The molecule has 0 aromatic rings. The predicted octanol–water partition coefficient (Wildman–Crippen LogP) is 1.05. The quantitative estimate of drug-likeness (QED) is 0.416. The van der Waals surface area contributed by atoms with E-state index in [4.69, 9.17) is 0 Å². The van der Waals surface area contributed by atoms with E-state index in [1.165, 1.54) is 6.26 Å². The normalized spacial score (nSPS) is 10.9. The molecule has 42 valence electrons. The Kier molecular flexibility index (Phi) is 3.42. The number of rotatable bonds is 2. The third-order valence-electron chi connectivity index (χ3n) is 0.542. The summed E-state index contributed by atoms with van der Waals surface area (Å²) in [5.74, 6) is 5.21. The van der Waals surface area contributed by atoms with Gasteiger partial charge in [0.05, 0.1) is 0 Å². The molecule has 0 aliphatic carbocycles. The second kappa shape index (κ2) is 3.68. The lowest BCUT2D eigenvalue weighted by atomic mass is 10.2. The second-order valence-corrected chi connectivity index (χ2v) is 1.71. The van der Waals surface area contributed by atoms with Gasteiger partial charge in [0.1, 0.15) is 6.26 Å². The molecule has 0 aliphatic heterocycles. The molecule has 0 unspecified atom stereocenters. The van der Waals surface area contributed by atoms with Crippen LogP contribution >= 0.6 is 0 Å². The molecule has 0 aromatic heterocycles. The minimum absolute atomic E-state index is 0.517. The van der Waals surface area contributed by atoms with Crippen molar-refractivity contribution in [3.05, 3.63) is 12.3 Å². The van der Waals surface area contributed by atoms with E-state index in [1.807, 2.05) is 6.08 Å². The lowest BCUT2D eigenvalue weighted by Crippen LogP contribution is -1.89. The van der Waals surface area contributed by atoms with Crippen molar-refractivity contribution in [1.82, 2.24) is 0 Å². The van der Waals surface area contributed by atoms with E-state index in [-0.39, 0.29) is 0 Å². The van der Waals surface area contributed by atoms with Gasteiger partial charge < -0.3 is 4.84 Å². The molecule has 0 radical (unpaired) electrons. The molecule has 0 bridgehead atoms. The summed E-state index contributed by atoms with van der Waals surface area (Å²) in [7, 11) is 0. The first-order valence-electron chi connectivity index (χ1n) is 2.29. The van der Waals surface area contributed by atoms with Crippen molar-refractivity contribution in [3.63, 3.8) is 0 Å². The van der Waals surface area contributed by atoms with E-state index in [1.54, 1.807) is 0 Å². The van der Waals surface area contributed by atoms with Crippen LogP contribution in [0.5, 0.6) is 0 Å². The van der Waals surface area contributed by atoms with E-state index in [2.05, 4.69) is 24.6 Å². The highest BCUT2D eigenvalue weighted by Crippen LogP contribution is 1.91. The Morgan fingerprint density at radius 1 is 1.57 bits per heavy atom. The van der Waals surface area contributed by atoms with Crippen LogP contribution in [0.3, 0.4) is 0 Å². The van der Waals surface area contributed by atoms with Crippen molar-refractivity contribution >= 4 is 0 Å². The molecule has 0 heterocycles. The maximum Gasteiger partial charge on any atom is 0.107 e. The van der Waals surface area contributed by atoms with E-state index in [0.717, 1.165) is 0 Å². The molecule has 0 atom stereocenters. The SMILES string of the molecule is CC(C)/C=C/ON. The predicted molar refractivity (Wildman–Crippen MR) is 29.3 cm³/mol. The summed E-state index contributed by atoms with van der Waals surface area (Å²) in [6.07, 6.45) is 3.35. The number of nitrogens with two attached hydrogens (primary N) is 1. The molecule has 0 amide bonds. The van der Waals surface area contributed by atoms with Crippen molar-refractivity contribution in [2.45, 2.75) is 13.8 Å². The first-order chi connectivity index (χ1) is 3.27. The van der Waals surface area contributed by atoms with Crippen LogP contribution < -0.4 is 5.90 Å². The molecular weight excluding hydrogens is 90.1 g/mol. The number of hydrogen-bond donors (Lipinski definition) is 1. The van der Waals surface area contributed by atoms with Gasteiger partial charge in [-0.15, -0.1) is 0 Å². The maximum absolute atomic E-state index is 4.69. The van der Waals surface area contributed by atoms with Gasteiger partial charge in [-0.3, -0.25) is 0 Å². The zero-order valence-electron chi connectivity index (χ0n) is 4.72. The topological polar surface area (TPSA) is 35.2 Å². The fourth-order valence-corrected chi connectivity index (χ4v) is 0.202. The molecule has 2 heteroatoms. The Bertz CT molecular complexity index is 59.1. The summed E-state index contributed by atoms with van der Waals surface area (Å²) in [5.41, 5.74) is 0. The Morgan fingerprint density at radius 2 is 2.14 bits per heavy atom. The molecular formula is C5H11NO. The van der Waals surface area contributed by atoms with E-state index < -0.39 is 0 Å². The van der Waals surface area contributed by atoms with Crippen LogP contribution in [-0.4, -0.2) is 0 Å². The largest absolute Gasteiger partial charge is 0.420 e. The molecule has 7 heavy (non-hydrogen) atoms. The zero-order chi connectivity index (χ0) is 5.70. The molecule has 0 saturated carbocycles. The lowest BCUT2D eigenvalue weighted by Gasteiger charge is -1.89. The molecule has 0 fully saturated rings. The molecule has 0 spiro atoms. The standard InChI is InChI=1S/C5H11NO/c1-5(2)3-4-7-6/h3-5H,6H2,1-2H3/b4-3+. The van der Waals surface area contributed by atoms with Crippen LogP contribution in [0.4, 0.5) is 0 Å². The van der Waals surface area contributed by atoms with Gasteiger partial charge in [-0.2, -0.15) is 5.90 Å². The first-order valence-corrected chi connectivity index (χ1v) is 2.29. The van der Waals surface area contributed by atoms with Crippen molar-refractivity contribution in [3.8, 4) is 0 Å². The van der Waals surface area contributed by atoms with Crippen LogP contribution in [-0.2, 0) is 4.84 Å². The molecule has 0 aromatic carbocycles. The van der Waals surface area contributed by atoms with Crippen molar-refractivity contribution in [1.29, 1.82) is 0 Å². The molecule has 0 rings (SSSR count). The summed E-state index contributed by atoms with van der Waals surface area (Å²) in [4.78, 5) is 4.17. The number of allylic oxidation sites excluding steroid dienone is 1. The summed E-state index contributed by atoms with van der Waals surface area (Å²) in [5, 5.41) is 0. The van der Waals surface area contributed by atoms with Crippen molar-refractivity contribution < 1.29 is 4.84 Å². The van der Waals surface area contributed by atoms with E-state index in [0.29, 0.717) is 5.92 Å².